The normalized spacial score (nSPS) is 19.4. The first-order valence-electron chi connectivity index (χ1n) is 6.73. The molecule has 1 atom stereocenters. The lowest BCUT2D eigenvalue weighted by Crippen LogP contribution is -2.31. The number of hydrogen-bond donors (Lipinski definition) is 1. The maximum atomic E-state index is 12.8. The number of sulfonamides is 1. The van der Waals surface area contributed by atoms with Gasteiger partial charge >= 0.3 is 5.97 Å². The van der Waals surface area contributed by atoms with Crippen molar-refractivity contribution in [1.82, 2.24) is 9.29 Å². The monoisotopic (exact) mass is 338 g/mol. The third-order valence-electron chi connectivity index (χ3n) is 3.69. The third-order valence-corrected chi connectivity index (χ3v) is 6.19. The van der Waals surface area contributed by atoms with Gasteiger partial charge in [-0.15, -0.1) is 0 Å². The highest BCUT2D eigenvalue weighted by molar-refractivity contribution is 7.89. The molecule has 1 aliphatic rings. The van der Waals surface area contributed by atoms with Crippen LogP contribution in [0.4, 0.5) is 0 Å². The predicted octanol–water partition coefficient (Wildman–Crippen LogP) is 2.37. The molecule has 6 nitrogen and oxygen atoms in total. The van der Waals surface area contributed by atoms with Gasteiger partial charge in [-0.2, -0.15) is 15.6 Å². The van der Waals surface area contributed by atoms with Crippen molar-refractivity contribution in [2.75, 3.05) is 6.54 Å². The Labute approximate surface area is 132 Å². The molecule has 2 aromatic rings. The van der Waals surface area contributed by atoms with Gasteiger partial charge < -0.3 is 5.11 Å². The molecule has 1 aliphatic heterocycles. The van der Waals surface area contributed by atoms with Crippen molar-refractivity contribution in [2.45, 2.75) is 23.9 Å². The standard InChI is InChI=1S/C14H14N2O4S2/c17-14(18)10-3-5-15-13(8-10)22(19,20)16-6-1-2-12(16)11-4-7-21-9-11/h3-5,7-9,12H,1-2,6H2,(H,17,18). The van der Waals surface area contributed by atoms with E-state index < -0.39 is 16.0 Å². The largest absolute Gasteiger partial charge is 0.478 e. The molecule has 0 bridgehead atoms. The second-order valence-electron chi connectivity index (χ2n) is 5.02. The minimum absolute atomic E-state index is 0.0835. The molecule has 3 heterocycles. The number of carbonyl (C=O) groups is 1. The van der Waals surface area contributed by atoms with Gasteiger partial charge in [-0.1, -0.05) is 0 Å². The number of thiophene rings is 1. The topological polar surface area (TPSA) is 87.6 Å². The first-order valence-corrected chi connectivity index (χ1v) is 9.12. The van der Waals surface area contributed by atoms with Gasteiger partial charge in [-0.25, -0.2) is 18.2 Å². The van der Waals surface area contributed by atoms with Crippen molar-refractivity contribution in [3.63, 3.8) is 0 Å². The second-order valence-corrected chi connectivity index (χ2v) is 7.64. The van der Waals surface area contributed by atoms with E-state index in [2.05, 4.69) is 4.98 Å². The summed E-state index contributed by atoms with van der Waals surface area (Å²) in [6.45, 7) is 0.418. The Hall–Kier alpha value is -1.77. The second kappa shape index (κ2) is 5.79. The maximum Gasteiger partial charge on any atom is 0.335 e. The Kier molecular flexibility index (Phi) is 3.98. The molecule has 0 radical (unpaired) electrons. The van der Waals surface area contributed by atoms with Crippen molar-refractivity contribution in [1.29, 1.82) is 0 Å². The Morgan fingerprint density at radius 1 is 1.41 bits per heavy atom. The number of carboxylic acid groups (broad SMARTS) is 1. The molecule has 0 aromatic carbocycles. The zero-order valence-corrected chi connectivity index (χ0v) is 13.2. The lowest BCUT2D eigenvalue weighted by molar-refractivity contribution is 0.0696. The number of nitrogens with zero attached hydrogens (tertiary/aromatic N) is 2. The molecule has 1 saturated heterocycles. The minimum Gasteiger partial charge on any atom is -0.478 e. The van der Waals surface area contributed by atoms with Crippen molar-refractivity contribution in [3.8, 4) is 0 Å². The van der Waals surface area contributed by atoms with Crippen LogP contribution in [0.25, 0.3) is 0 Å². The van der Waals surface area contributed by atoms with Crippen molar-refractivity contribution in [2.24, 2.45) is 0 Å². The Morgan fingerprint density at radius 3 is 2.91 bits per heavy atom. The lowest BCUT2D eigenvalue weighted by atomic mass is 10.1. The summed E-state index contributed by atoms with van der Waals surface area (Å²) in [6, 6.07) is 4.11. The third kappa shape index (κ3) is 2.65. The molecule has 116 valence electrons. The van der Waals surface area contributed by atoms with E-state index in [0.717, 1.165) is 24.5 Å². The van der Waals surface area contributed by atoms with Crippen molar-refractivity contribution in [3.05, 3.63) is 46.3 Å². The fourth-order valence-electron chi connectivity index (χ4n) is 2.63. The maximum absolute atomic E-state index is 12.8. The van der Waals surface area contributed by atoms with Crippen LogP contribution in [-0.4, -0.2) is 35.3 Å². The summed E-state index contributed by atoms with van der Waals surface area (Å²) in [7, 11) is -3.81. The molecule has 1 fully saturated rings. The van der Waals surface area contributed by atoms with E-state index in [1.807, 2.05) is 16.8 Å². The minimum atomic E-state index is -3.81. The average molecular weight is 338 g/mol. The van der Waals surface area contributed by atoms with E-state index in [9.17, 15) is 13.2 Å². The number of aromatic nitrogens is 1. The van der Waals surface area contributed by atoms with Crippen LogP contribution in [0.5, 0.6) is 0 Å². The first kappa shape index (κ1) is 15.1. The van der Waals surface area contributed by atoms with Crippen LogP contribution in [0.15, 0.2) is 40.2 Å². The molecule has 0 spiro atoms. The summed E-state index contributed by atoms with van der Waals surface area (Å²) in [5.74, 6) is -1.17. The van der Waals surface area contributed by atoms with Gasteiger partial charge in [0.05, 0.1) is 11.6 Å². The van der Waals surface area contributed by atoms with Gasteiger partial charge in [-0.05, 0) is 47.4 Å². The molecular formula is C14H14N2O4S2. The van der Waals surface area contributed by atoms with Crippen LogP contribution in [0, 0.1) is 0 Å². The summed E-state index contributed by atoms with van der Waals surface area (Å²) in [5, 5.41) is 12.7. The number of hydrogen-bond acceptors (Lipinski definition) is 5. The number of aromatic carboxylic acids is 1. The van der Waals surface area contributed by atoms with Crippen LogP contribution < -0.4 is 0 Å². The van der Waals surface area contributed by atoms with Gasteiger partial charge in [-0.3, -0.25) is 0 Å². The van der Waals surface area contributed by atoms with E-state index in [-0.39, 0.29) is 16.6 Å². The van der Waals surface area contributed by atoms with Crippen LogP contribution in [0.1, 0.15) is 34.8 Å². The molecule has 1 N–H and O–H groups in total. The zero-order valence-electron chi connectivity index (χ0n) is 11.5. The number of pyridine rings is 1. The van der Waals surface area contributed by atoms with E-state index in [4.69, 9.17) is 5.11 Å². The highest BCUT2D eigenvalue weighted by Crippen LogP contribution is 2.36. The first-order chi connectivity index (χ1) is 10.5. The Balaban J connectivity index is 1.99. The summed E-state index contributed by atoms with van der Waals surface area (Å²) in [4.78, 5) is 14.9. The van der Waals surface area contributed by atoms with Gasteiger partial charge in [0, 0.05) is 12.7 Å². The smallest absolute Gasteiger partial charge is 0.335 e. The SMILES string of the molecule is O=C(O)c1ccnc(S(=O)(=O)N2CCCC2c2ccsc2)c1. The highest BCUT2D eigenvalue weighted by Gasteiger charge is 2.37. The van der Waals surface area contributed by atoms with E-state index in [0.29, 0.717) is 6.54 Å². The van der Waals surface area contributed by atoms with E-state index in [1.54, 1.807) is 0 Å². The predicted molar refractivity (Wildman–Crippen MR) is 81.4 cm³/mol. The van der Waals surface area contributed by atoms with Crippen LogP contribution >= 0.6 is 11.3 Å². The molecule has 1 unspecified atom stereocenters. The fraction of sp³-hybridized carbons (Fsp3) is 0.286. The lowest BCUT2D eigenvalue weighted by Gasteiger charge is -2.23. The molecule has 3 rings (SSSR count). The molecular weight excluding hydrogens is 324 g/mol. The van der Waals surface area contributed by atoms with Crippen molar-refractivity contribution < 1.29 is 18.3 Å². The Bertz CT molecular complexity index is 787. The summed E-state index contributed by atoms with van der Waals surface area (Å²) in [6.07, 6.45) is 2.75. The molecule has 22 heavy (non-hydrogen) atoms. The van der Waals surface area contributed by atoms with Crippen LogP contribution in [0.3, 0.4) is 0 Å². The highest BCUT2D eigenvalue weighted by atomic mass is 32.2. The van der Waals surface area contributed by atoms with E-state index in [1.165, 1.54) is 27.9 Å². The Morgan fingerprint density at radius 2 is 2.23 bits per heavy atom. The zero-order chi connectivity index (χ0) is 15.7. The molecule has 0 saturated carbocycles. The van der Waals surface area contributed by atoms with Crippen LogP contribution in [0.2, 0.25) is 0 Å². The van der Waals surface area contributed by atoms with E-state index >= 15 is 0 Å². The average Bonchev–Trinajstić information content (AvgIpc) is 3.18. The summed E-state index contributed by atoms with van der Waals surface area (Å²) >= 11 is 1.53. The molecule has 8 heteroatoms. The van der Waals surface area contributed by atoms with Gasteiger partial charge in [0.25, 0.3) is 10.0 Å². The van der Waals surface area contributed by atoms with Crippen molar-refractivity contribution >= 4 is 27.3 Å². The molecule has 0 amide bonds. The quantitative estimate of drug-likeness (QED) is 0.924. The summed E-state index contributed by atoms with van der Waals surface area (Å²) < 4.78 is 27.0. The number of carboxylic acids is 1. The number of rotatable bonds is 4. The summed E-state index contributed by atoms with van der Waals surface area (Å²) in [5.41, 5.74) is 0.889. The molecule has 2 aromatic heterocycles. The van der Waals surface area contributed by atoms with Gasteiger partial charge in [0.15, 0.2) is 5.03 Å². The molecule has 0 aliphatic carbocycles. The van der Waals surface area contributed by atoms with Crippen LogP contribution in [-0.2, 0) is 10.0 Å². The fourth-order valence-corrected chi connectivity index (χ4v) is 4.98. The van der Waals surface area contributed by atoms with Gasteiger partial charge in [0.1, 0.15) is 0 Å². The van der Waals surface area contributed by atoms with Gasteiger partial charge in [0.2, 0.25) is 0 Å².